The fourth-order valence-electron chi connectivity index (χ4n) is 9.25. The van der Waals surface area contributed by atoms with Gasteiger partial charge in [-0.05, 0) is 80.9 Å². The Hall–Kier alpha value is -6.80. The van der Waals surface area contributed by atoms with Gasteiger partial charge in [0.2, 0.25) is 0 Å². The minimum Gasteiger partial charge on any atom is -0.493 e. The largest absolute Gasteiger partial charge is 0.493 e. The van der Waals surface area contributed by atoms with Crippen LogP contribution in [-0.4, -0.2) is 85.7 Å². The summed E-state index contributed by atoms with van der Waals surface area (Å²) >= 11 is 3.66. The highest BCUT2D eigenvalue weighted by molar-refractivity contribution is 7.86. The summed E-state index contributed by atoms with van der Waals surface area (Å²) in [5.41, 5.74) is 4.50. The van der Waals surface area contributed by atoms with Crippen molar-refractivity contribution < 1.29 is 55.8 Å². The van der Waals surface area contributed by atoms with Crippen LogP contribution in [0.2, 0.25) is 0 Å². The Morgan fingerprint density at radius 1 is 0.642 bits per heavy atom. The molecule has 67 heavy (non-hydrogen) atoms. The molecule has 16 nitrogen and oxygen atoms in total. The van der Waals surface area contributed by atoms with E-state index in [9.17, 15) is 22.6 Å². The van der Waals surface area contributed by atoms with Crippen LogP contribution >= 0.6 is 12.9 Å². The summed E-state index contributed by atoms with van der Waals surface area (Å²) in [7, 11) is -1.81. The van der Waals surface area contributed by atoms with Crippen LogP contribution in [0, 0.1) is 0 Å². The number of fused-ring (bicyclic) bond motifs is 6. The van der Waals surface area contributed by atoms with Crippen molar-refractivity contribution in [2.75, 3.05) is 38.1 Å². The average molecular weight is 945 g/mol. The quantitative estimate of drug-likeness (QED) is 0.0204. The third kappa shape index (κ3) is 8.47. The van der Waals surface area contributed by atoms with Crippen LogP contribution in [0.25, 0.3) is 32.7 Å². The molecule has 10 rings (SSSR count). The van der Waals surface area contributed by atoms with E-state index in [1.807, 2.05) is 85.1 Å². The van der Waals surface area contributed by atoms with Crippen LogP contribution < -0.4 is 29.6 Å². The smallest absolute Gasteiger partial charge is 0.288 e. The zero-order chi connectivity index (χ0) is 46.4. The number of methoxy groups -OCH3 is 2. The number of anilines is 2. The number of thiol groups is 1. The monoisotopic (exact) mass is 944 g/mol. The Labute approximate surface area is 390 Å². The maximum atomic E-state index is 14.2. The van der Waals surface area contributed by atoms with Gasteiger partial charge >= 0.3 is 0 Å². The van der Waals surface area contributed by atoms with Crippen molar-refractivity contribution in [2.24, 2.45) is 0 Å². The highest BCUT2D eigenvalue weighted by Crippen LogP contribution is 2.44. The first kappa shape index (κ1) is 44.1. The van der Waals surface area contributed by atoms with Crippen molar-refractivity contribution in [3.63, 3.8) is 0 Å². The first-order valence-corrected chi connectivity index (χ1v) is 23.3. The lowest BCUT2D eigenvalue weighted by atomic mass is 9.98. The molecule has 4 aliphatic rings. The maximum Gasteiger partial charge on any atom is 0.288 e. The van der Waals surface area contributed by atoms with E-state index in [1.54, 1.807) is 23.2 Å². The van der Waals surface area contributed by atoms with Gasteiger partial charge in [0, 0.05) is 43.9 Å². The molecule has 4 atom stereocenters. The second-order valence-corrected chi connectivity index (χ2v) is 18.1. The van der Waals surface area contributed by atoms with E-state index < -0.39 is 39.7 Å². The molecule has 4 aliphatic heterocycles. The van der Waals surface area contributed by atoms with Gasteiger partial charge in [-0.25, -0.2) is 0 Å². The Kier molecular flexibility index (Phi) is 11.9. The van der Waals surface area contributed by atoms with Gasteiger partial charge in [-0.3, -0.25) is 14.1 Å². The lowest BCUT2D eigenvalue weighted by molar-refractivity contribution is -0.475. The number of carbonyl (C=O) groups is 2. The molecule has 3 N–H and O–H groups in total. The molecule has 0 bridgehead atoms. The second-order valence-electron chi connectivity index (χ2n) is 16.4. The van der Waals surface area contributed by atoms with Gasteiger partial charge in [0.15, 0.2) is 34.6 Å². The lowest BCUT2D eigenvalue weighted by Gasteiger charge is -2.26. The van der Waals surface area contributed by atoms with Crippen LogP contribution in [0.15, 0.2) is 122 Å². The van der Waals surface area contributed by atoms with Crippen LogP contribution in [0.4, 0.5) is 11.4 Å². The lowest BCUT2D eigenvalue weighted by Crippen LogP contribution is -2.46. The Balaban J connectivity index is 0.843. The molecule has 6 aromatic rings. The van der Waals surface area contributed by atoms with E-state index in [1.165, 1.54) is 31.3 Å². The standard InChI is InChI=1S/C49H44N4O12S2/c1-59-42-22-36-38(50-46(63-64-65-66)40-20-34(26-52(40)48(36)54)32-14-12-28-8-3-5-10-30(28)18-32)24-44(42)61-16-7-17-62-45-25-39-37(23-43(45)60-2)49(55)53-27-35(21-41(53)47(51-39)67(56,57)58)33-15-13-29-9-4-6-11-31(29)19-33/h3-6,8-15,18-19,22-27,40-41,46-47,50-51,66H,7,16-17,20-21H2,1-2H3,(H,56,57,58)/t40-,41-,46?,47?/m0/s1. The average Bonchev–Trinajstić information content (AvgIpc) is 3.95. The molecule has 2 amide bonds. The second kappa shape index (κ2) is 18.1. The third-order valence-corrected chi connectivity index (χ3v) is 13.7. The zero-order valence-electron chi connectivity index (χ0n) is 36.1. The summed E-state index contributed by atoms with van der Waals surface area (Å²) in [6.45, 7) is 0.254. The molecule has 6 aromatic carbocycles. The molecule has 0 saturated heterocycles. The molecular weight excluding hydrogens is 901 g/mol. The SMILES string of the molecule is COc1cc2c(cc1OCCCOc1cc3c(cc1OC)C(=O)N1C=C(c4ccc5ccccc5c4)C[C@H]1C(S(=O)(=O)O)N3)NC(OOOS)[C@@H]1CC(c3ccc4ccccc4c3)=CN1C2=O. The number of amides is 2. The molecular formula is C49H44N4O12S2. The van der Waals surface area contributed by atoms with Crippen molar-refractivity contribution in [1.29, 1.82) is 0 Å². The molecule has 344 valence electrons. The summed E-state index contributed by atoms with van der Waals surface area (Å²) in [5, 5.41) is 13.7. The van der Waals surface area contributed by atoms with Crippen molar-refractivity contribution >= 4 is 78.9 Å². The number of nitrogens with one attached hydrogen (secondary N) is 2. The molecule has 2 unspecified atom stereocenters. The van der Waals surface area contributed by atoms with Gasteiger partial charge in [-0.2, -0.15) is 13.3 Å². The molecule has 0 saturated carbocycles. The van der Waals surface area contributed by atoms with E-state index in [0.29, 0.717) is 35.6 Å². The van der Waals surface area contributed by atoms with Gasteiger partial charge < -0.3 is 39.4 Å². The normalized spacial score (nSPS) is 19.8. The van der Waals surface area contributed by atoms with Gasteiger partial charge in [0.25, 0.3) is 21.9 Å². The highest BCUT2D eigenvalue weighted by Gasteiger charge is 2.46. The van der Waals surface area contributed by atoms with Crippen molar-refractivity contribution in [2.45, 2.75) is 42.9 Å². The fourth-order valence-corrected chi connectivity index (χ4v) is 10.2. The molecule has 0 radical (unpaired) electrons. The number of ether oxygens (including phenoxy) is 4. The molecule has 0 aromatic heterocycles. The molecule has 4 heterocycles. The highest BCUT2D eigenvalue weighted by atomic mass is 32.2. The summed E-state index contributed by atoms with van der Waals surface area (Å²) in [5.74, 6) is 0.349. The van der Waals surface area contributed by atoms with E-state index in [2.05, 4.69) is 33.9 Å². The van der Waals surface area contributed by atoms with Crippen molar-refractivity contribution in [3.8, 4) is 23.0 Å². The molecule has 0 fully saturated rings. The van der Waals surface area contributed by atoms with E-state index in [4.69, 9.17) is 28.9 Å². The first-order chi connectivity index (χ1) is 32.5. The number of carbonyl (C=O) groups excluding carboxylic acids is 2. The zero-order valence-corrected chi connectivity index (χ0v) is 37.8. The van der Waals surface area contributed by atoms with E-state index in [0.717, 1.165) is 43.8 Å². The number of benzene rings is 6. The van der Waals surface area contributed by atoms with Gasteiger partial charge in [0.1, 0.15) is 0 Å². The Morgan fingerprint density at radius 2 is 1.13 bits per heavy atom. The molecule has 0 aliphatic carbocycles. The minimum atomic E-state index is -4.72. The number of nitrogens with zero attached hydrogens (tertiary/aromatic N) is 2. The summed E-state index contributed by atoms with van der Waals surface area (Å²) in [6, 6.07) is 32.8. The molecule has 18 heteroatoms. The predicted octanol–water partition coefficient (Wildman–Crippen LogP) is 8.48. The van der Waals surface area contributed by atoms with Crippen LogP contribution in [-0.2, 0) is 24.4 Å². The number of rotatable bonds is 14. The Bertz CT molecular complexity index is 3130. The van der Waals surface area contributed by atoms with Crippen LogP contribution in [0.1, 0.15) is 51.1 Å². The summed E-state index contributed by atoms with van der Waals surface area (Å²) in [4.78, 5) is 37.0. The number of hydrogen-bond donors (Lipinski definition) is 4. The van der Waals surface area contributed by atoms with Crippen LogP contribution in [0.3, 0.4) is 0 Å². The van der Waals surface area contributed by atoms with Gasteiger partial charge in [0.05, 0.1) is 62.0 Å². The fraction of sp³-hybridized carbons (Fsp3) is 0.224. The van der Waals surface area contributed by atoms with Crippen LogP contribution in [0.5, 0.6) is 23.0 Å². The molecule has 0 spiro atoms. The van der Waals surface area contributed by atoms with E-state index in [-0.39, 0.29) is 48.3 Å². The van der Waals surface area contributed by atoms with Crippen molar-refractivity contribution in [3.05, 3.63) is 144 Å². The van der Waals surface area contributed by atoms with Crippen molar-refractivity contribution in [1.82, 2.24) is 9.80 Å². The Morgan fingerprint density at radius 3 is 1.64 bits per heavy atom. The summed E-state index contributed by atoms with van der Waals surface area (Å²) in [6.07, 6.45) is 3.55. The van der Waals surface area contributed by atoms with Gasteiger partial charge in [-0.1, -0.05) is 77.8 Å². The van der Waals surface area contributed by atoms with E-state index >= 15 is 0 Å². The van der Waals surface area contributed by atoms with Gasteiger partial charge in [-0.15, -0.1) is 4.33 Å². The first-order valence-electron chi connectivity index (χ1n) is 21.4. The maximum absolute atomic E-state index is 14.2. The number of hydrogen-bond acceptors (Lipinski definition) is 14. The predicted molar refractivity (Wildman–Crippen MR) is 253 cm³/mol. The summed E-state index contributed by atoms with van der Waals surface area (Å²) < 4.78 is 64.5. The third-order valence-electron chi connectivity index (χ3n) is 12.5. The minimum absolute atomic E-state index is 0.112. The topological polar surface area (TPSA) is 184 Å².